The molecule has 0 saturated carbocycles. The van der Waals surface area contributed by atoms with Gasteiger partial charge in [-0.25, -0.2) is 14.4 Å². The zero-order valence-electron chi connectivity index (χ0n) is 12.6. The van der Waals surface area contributed by atoms with Crippen molar-refractivity contribution < 1.29 is 4.39 Å². The van der Waals surface area contributed by atoms with E-state index in [-0.39, 0.29) is 11.9 Å². The quantitative estimate of drug-likeness (QED) is 0.856. The first-order valence-electron chi connectivity index (χ1n) is 7.02. The molecule has 0 bridgehead atoms. The van der Waals surface area contributed by atoms with Crippen LogP contribution in [0.4, 0.5) is 4.39 Å². The van der Waals surface area contributed by atoms with Gasteiger partial charge >= 0.3 is 0 Å². The molecule has 1 aromatic carbocycles. The Morgan fingerprint density at radius 2 is 1.90 bits per heavy atom. The highest BCUT2D eigenvalue weighted by Crippen LogP contribution is 2.31. The first kappa shape index (κ1) is 15.9. The molecule has 2 N–H and O–H groups in total. The van der Waals surface area contributed by atoms with Gasteiger partial charge in [0.2, 0.25) is 0 Å². The van der Waals surface area contributed by atoms with E-state index in [4.69, 9.17) is 5.73 Å². The van der Waals surface area contributed by atoms with E-state index in [2.05, 4.69) is 9.97 Å². The molecule has 0 spiro atoms. The van der Waals surface area contributed by atoms with Crippen LogP contribution in [0.25, 0.3) is 0 Å². The van der Waals surface area contributed by atoms with Gasteiger partial charge in [0.1, 0.15) is 5.82 Å². The average Bonchev–Trinajstić information content (AvgIpc) is 2.41. The fourth-order valence-electron chi connectivity index (χ4n) is 2.09. The third-order valence-corrected chi connectivity index (χ3v) is 4.24. The van der Waals surface area contributed by atoms with Gasteiger partial charge in [0.15, 0.2) is 5.16 Å². The van der Waals surface area contributed by atoms with E-state index in [1.165, 1.54) is 17.8 Å². The topological polar surface area (TPSA) is 51.8 Å². The van der Waals surface area contributed by atoms with Gasteiger partial charge in [0.05, 0.1) is 4.90 Å². The summed E-state index contributed by atoms with van der Waals surface area (Å²) in [4.78, 5) is 9.30. The molecule has 1 atom stereocenters. The number of rotatable bonds is 5. The number of aryl methyl sites for hydroxylation is 2. The van der Waals surface area contributed by atoms with Crippen molar-refractivity contribution in [3.8, 4) is 0 Å². The Bertz CT molecular complexity index is 611. The van der Waals surface area contributed by atoms with Crippen molar-refractivity contribution in [2.45, 2.75) is 49.7 Å². The molecule has 3 nitrogen and oxygen atoms in total. The van der Waals surface area contributed by atoms with Gasteiger partial charge < -0.3 is 5.73 Å². The van der Waals surface area contributed by atoms with Gasteiger partial charge in [-0.1, -0.05) is 19.1 Å². The minimum absolute atomic E-state index is 0.0336. The molecule has 1 heterocycles. The Balaban J connectivity index is 2.34. The van der Waals surface area contributed by atoms with Crippen LogP contribution in [0.5, 0.6) is 0 Å². The summed E-state index contributed by atoms with van der Waals surface area (Å²) in [5.41, 5.74) is 8.68. The zero-order valence-corrected chi connectivity index (χ0v) is 13.4. The van der Waals surface area contributed by atoms with Gasteiger partial charge in [-0.3, -0.25) is 0 Å². The van der Waals surface area contributed by atoms with Crippen LogP contribution in [-0.4, -0.2) is 16.0 Å². The number of hydrogen-bond donors (Lipinski definition) is 1. The van der Waals surface area contributed by atoms with Gasteiger partial charge in [-0.15, -0.1) is 0 Å². The molecule has 0 aliphatic rings. The van der Waals surface area contributed by atoms with Crippen LogP contribution in [0.3, 0.4) is 0 Å². The summed E-state index contributed by atoms with van der Waals surface area (Å²) < 4.78 is 14.2. The molecule has 112 valence electrons. The first-order chi connectivity index (χ1) is 9.99. The molecule has 0 saturated heterocycles. The summed E-state index contributed by atoms with van der Waals surface area (Å²) in [6.45, 7) is 5.85. The molecule has 0 aliphatic heterocycles. The molecule has 5 heteroatoms. The van der Waals surface area contributed by atoms with Crippen molar-refractivity contribution in [1.29, 1.82) is 0 Å². The number of nitrogens with zero attached hydrogens (tertiary/aromatic N) is 2. The first-order valence-corrected chi connectivity index (χ1v) is 7.84. The standard InChI is InChI=1S/C16H20FN3S/c1-4-13(18)9-12-6-5-7-14(17)15(12)21-16-19-10(2)8-11(3)20-16/h5-8,13H,4,9,18H2,1-3H3. The number of aromatic nitrogens is 2. The minimum Gasteiger partial charge on any atom is -0.327 e. The number of halogens is 1. The Morgan fingerprint density at radius 3 is 2.52 bits per heavy atom. The third kappa shape index (κ3) is 4.25. The van der Waals surface area contributed by atoms with Crippen LogP contribution in [-0.2, 0) is 6.42 Å². The number of nitrogens with two attached hydrogens (primary N) is 1. The van der Waals surface area contributed by atoms with E-state index in [0.717, 1.165) is 23.4 Å². The SMILES string of the molecule is CCC(N)Cc1cccc(F)c1Sc1nc(C)cc(C)n1. The smallest absolute Gasteiger partial charge is 0.192 e. The highest BCUT2D eigenvalue weighted by atomic mass is 32.2. The van der Waals surface area contributed by atoms with Crippen molar-refractivity contribution in [3.05, 3.63) is 47.0 Å². The molecule has 1 aromatic heterocycles. The second-order valence-corrected chi connectivity index (χ2v) is 6.11. The van der Waals surface area contributed by atoms with Crippen LogP contribution in [0.2, 0.25) is 0 Å². The van der Waals surface area contributed by atoms with Gasteiger partial charge in [0.25, 0.3) is 0 Å². The largest absolute Gasteiger partial charge is 0.327 e. The molecule has 0 amide bonds. The highest BCUT2D eigenvalue weighted by Gasteiger charge is 2.14. The Hall–Kier alpha value is -1.46. The third-order valence-electron chi connectivity index (χ3n) is 3.21. The van der Waals surface area contributed by atoms with Crippen LogP contribution in [0.1, 0.15) is 30.3 Å². The summed E-state index contributed by atoms with van der Waals surface area (Å²) in [7, 11) is 0. The lowest BCUT2D eigenvalue weighted by Gasteiger charge is -2.13. The maximum absolute atomic E-state index is 14.2. The van der Waals surface area contributed by atoms with Crippen LogP contribution >= 0.6 is 11.8 Å². The second kappa shape index (κ2) is 7.00. The van der Waals surface area contributed by atoms with Crippen molar-refractivity contribution in [1.82, 2.24) is 9.97 Å². The van der Waals surface area contributed by atoms with Crippen molar-refractivity contribution in [2.75, 3.05) is 0 Å². The number of hydrogen-bond acceptors (Lipinski definition) is 4. The van der Waals surface area contributed by atoms with Gasteiger partial charge in [-0.05, 0) is 56.1 Å². The van der Waals surface area contributed by atoms with Crippen molar-refractivity contribution >= 4 is 11.8 Å². The van der Waals surface area contributed by atoms with Crippen LogP contribution in [0, 0.1) is 19.7 Å². The molecule has 2 rings (SSSR count). The van der Waals surface area contributed by atoms with E-state index < -0.39 is 0 Å². The fourth-order valence-corrected chi connectivity index (χ4v) is 3.10. The fraction of sp³-hybridized carbons (Fsp3) is 0.375. The van der Waals surface area contributed by atoms with E-state index >= 15 is 0 Å². The lowest BCUT2D eigenvalue weighted by molar-refractivity contribution is 0.585. The Kier molecular flexibility index (Phi) is 5.31. The Morgan fingerprint density at radius 1 is 1.24 bits per heavy atom. The molecule has 0 fully saturated rings. The predicted octanol–water partition coefficient (Wildman–Crippen LogP) is 3.66. The van der Waals surface area contributed by atoms with Gasteiger partial charge in [0, 0.05) is 17.4 Å². The molecule has 0 radical (unpaired) electrons. The monoisotopic (exact) mass is 305 g/mol. The molecule has 0 aliphatic carbocycles. The normalized spacial score (nSPS) is 12.4. The van der Waals surface area contributed by atoms with E-state index in [1.807, 2.05) is 32.9 Å². The second-order valence-electron chi connectivity index (χ2n) is 5.14. The van der Waals surface area contributed by atoms with Crippen molar-refractivity contribution in [2.24, 2.45) is 5.73 Å². The van der Waals surface area contributed by atoms with Gasteiger partial charge in [-0.2, -0.15) is 0 Å². The summed E-state index contributed by atoms with van der Waals surface area (Å²) in [5, 5.41) is 0.573. The Labute approximate surface area is 129 Å². The zero-order chi connectivity index (χ0) is 15.4. The summed E-state index contributed by atoms with van der Waals surface area (Å²) in [6, 6.07) is 7.04. The lowest BCUT2D eigenvalue weighted by atomic mass is 10.0. The minimum atomic E-state index is -0.247. The maximum atomic E-state index is 14.2. The highest BCUT2D eigenvalue weighted by molar-refractivity contribution is 7.99. The lowest BCUT2D eigenvalue weighted by Crippen LogP contribution is -2.21. The molecule has 2 aromatic rings. The summed E-state index contributed by atoms with van der Waals surface area (Å²) in [5.74, 6) is -0.247. The molecular formula is C16H20FN3S. The summed E-state index contributed by atoms with van der Waals surface area (Å²) in [6.07, 6.45) is 1.52. The van der Waals surface area contributed by atoms with E-state index in [1.54, 1.807) is 6.07 Å². The van der Waals surface area contributed by atoms with E-state index in [9.17, 15) is 4.39 Å². The average molecular weight is 305 g/mol. The molecular weight excluding hydrogens is 285 g/mol. The van der Waals surface area contributed by atoms with E-state index in [0.29, 0.717) is 16.5 Å². The van der Waals surface area contributed by atoms with Crippen molar-refractivity contribution in [3.63, 3.8) is 0 Å². The predicted molar refractivity (Wildman–Crippen MR) is 84.0 cm³/mol. The van der Waals surface area contributed by atoms with Crippen LogP contribution < -0.4 is 5.73 Å². The summed E-state index contributed by atoms with van der Waals surface area (Å²) >= 11 is 1.27. The maximum Gasteiger partial charge on any atom is 0.192 e. The molecule has 21 heavy (non-hydrogen) atoms. The number of benzene rings is 1. The molecule has 1 unspecified atom stereocenters. The van der Waals surface area contributed by atoms with Crippen LogP contribution in [0.15, 0.2) is 34.3 Å².